The number of aromatic nitrogens is 2. The Balaban J connectivity index is 1.61. The molecule has 1 saturated carbocycles. The van der Waals surface area contributed by atoms with E-state index in [1.165, 1.54) is 12.8 Å². The minimum Gasteiger partial charge on any atom is -0.469 e. The molecule has 2 aliphatic rings. The molecule has 6 heteroatoms. The molecule has 114 valence electrons. The zero-order valence-corrected chi connectivity index (χ0v) is 12.1. The van der Waals surface area contributed by atoms with Gasteiger partial charge in [0.1, 0.15) is 6.10 Å². The van der Waals surface area contributed by atoms with E-state index >= 15 is 0 Å². The molecule has 2 heterocycles. The Morgan fingerprint density at radius 2 is 2.19 bits per heavy atom. The first-order valence-corrected chi connectivity index (χ1v) is 7.62. The summed E-state index contributed by atoms with van der Waals surface area (Å²) in [6.45, 7) is 2.26. The second-order valence-corrected chi connectivity index (χ2v) is 5.62. The van der Waals surface area contributed by atoms with Crippen LogP contribution in [0, 0.1) is 5.92 Å². The van der Waals surface area contributed by atoms with Gasteiger partial charge in [-0.1, -0.05) is 12.8 Å². The van der Waals surface area contributed by atoms with Crippen LogP contribution in [-0.2, 0) is 9.53 Å². The Morgan fingerprint density at radius 3 is 2.95 bits per heavy atom. The van der Waals surface area contributed by atoms with Crippen molar-refractivity contribution in [3.8, 4) is 5.88 Å². The Bertz CT molecular complexity index is 462. The van der Waals surface area contributed by atoms with Crippen LogP contribution in [0.15, 0.2) is 18.6 Å². The topological polar surface area (TPSA) is 64.6 Å². The molecule has 1 saturated heterocycles. The van der Waals surface area contributed by atoms with Gasteiger partial charge in [-0.05, 0) is 12.8 Å². The van der Waals surface area contributed by atoms with Crippen LogP contribution in [0.1, 0.15) is 25.7 Å². The second kappa shape index (κ2) is 6.85. The SMILES string of the molecule is O=C(C1CCCC1)N1CCOCC(Oc2cnccn2)C1. The van der Waals surface area contributed by atoms with Crippen molar-refractivity contribution < 1.29 is 14.3 Å². The summed E-state index contributed by atoms with van der Waals surface area (Å²) in [6.07, 6.45) is 8.96. The van der Waals surface area contributed by atoms with Gasteiger partial charge < -0.3 is 14.4 Å². The maximum atomic E-state index is 12.5. The van der Waals surface area contributed by atoms with E-state index in [1.807, 2.05) is 4.90 Å². The number of nitrogens with zero attached hydrogens (tertiary/aromatic N) is 3. The fourth-order valence-corrected chi connectivity index (χ4v) is 3.00. The molecule has 1 aliphatic heterocycles. The van der Waals surface area contributed by atoms with Crippen molar-refractivity contribution in [2.45, 2.75) is 31.8 Å². The molecule has 6 nitrogen and oxygen atoms in total. The third kappa shape index (κ3) is 3.69. The molecule has 21 heavy (non-hydrogen) atoms. The summed E-state index contributed by atoms with van der Waals surface area (Å²) in [6, 6.07) is 0. The van der Waals surface area contributed by atoms with Gasteiger partial charge in [0.15, 0.2) is 0 Å². The number of carbonyl (C=O) groups excluding carboxylic acids is 1. The van der Waals surface area contributed by atoms with E-state index in [4.69, 9.17) is 9.47 Å². The molecule has 0 aromatic carbocycles. The van der Waals surface area contributed by atoms with E-state index in [9.17, 15) is 4.79 Å². The van der Waals surface area contributed by atoms with Crippen molar-refractivity contribution in [1.29, 1.82) is 0 Å². The van der Waals surface area contributed by atoms with Gasteiger partial charge >= 0.3 is 0 Å². The molecule has 3 rings (SSSR count). The quantitative estimate of drug-likeness (QED) is 0.839. The van der Waals surface area contributed by atoms with E-state index in [0.717, 1.165) is 12.8 Å². The number of hydrogen-bond acceptors (Lipinski definition) is 5. The van der Waals surface area contributed by atoms with Gasteiger partial charge in [-0.15, -0.1) is 0 Å². The van der Waals surface area contributed by atoms with Gasteiger partial charge in [0, 0.05) is 24.9 Å². The molecule has 1 aromatic heterocycles. The van der Waals surface area contributed by atoms with Crippen molar-refractivity contribution in [3.05, 3.63) is 18.6 Å². The lowest BCUT2D eigenvalue weighted by Gasteiger charge is -2.26. The highest BCUT2D eigenvalue weighted by Crippen LogP contribution is 2.27. The zero-order chi connectivity index (χ0) is 14.5. The number of carbonyl (C=O) groups is 1. The summed E-state index contributed by atoms with van der Waals surface area (Å²) in [5.74, 6) is 0.923. The molecule has 0 bridgehead atoms. The fraction of sp³-hybridized carbons (Fsp3) is 0.667. The monoisotopic (exact) mass is 291 g/mol. The Morgan fingerprint density at radius 1 is 1.33 bits per heavy atom. The summed E-state index contributed by atoms with van der Waals surface area (Å²) in [5.41, 5.74) is 0. The van der Waals surface area contributed by atoms with Crippen LogP contribution in [0.25, 0.3) is 0 Å². The summed E-state index contributed by atoms with van der Waals surface area (Å²) in [4.78, 5) is 22.5. The van der Waals surface area contributed by atoms with Gasteiger partial charge in [-0.2, -0.15) is 0 Å². The lowest BCUT2D eigenvalue weighted by atomic mass is 10.1. The van der Waals surface area contributed by atoms with Crippen molar-refractivity contribution >= 4 is 5.91 Å². The standard InChI is InChI=1S/C15H21N3O3/c19-15(12-3-1-2-4-12)18-7-8-20-11-13(10-18)21-14-9-16-5-6-17-14/h5-6,9,12-13H,1-4,7-8,10-11H2. The van der Waals surface area contributed by atoms with Crippen molar-refractivity contribution in [2.75, 3.05) is 26.3 Å². The summed E-state index contributed by atoms with van der Waals surface area (Å²) >= 11 is 0. The number of ether oxygens (including phenoxy) is 2. The third-order valence-electron chi connectivity index (χ3n) is 4.08. The van der Waals surface area contributed by atoms with Crippen molar-refractivity contribution in [3.63, 3.8) is 0 Å². The van der Waals surface area contributed by atoms with Crippen LogP contribution in [-0.4, -0.2) is 53.2 Å². The van der Waals surface area contributed by atoms with Crippen molar-refractivity contribution in [1.82, 2.24) is 14.9 Å². The fourth-order valence-electron chi connectivity index (χ4n) is 3.00. The van der Waals surface area contributed by atoms with Gasteiger partial charge in [-0.25, -0.2) is 4.98 Å². The summed E-state index contributed by atoms with van der Waals surface area (Å²) < 4.78 is 11.3. The number of amides is 1. The van der Waals surface area contributed by atoms with Crippen LogP contribution in [0.5, 0.6) is 5.88 Å². The molecule has 2 fully saturated rings. The zero-order valence-electron chi connectivity index (χ0n) is 12.1. The van der Waals surface area contributed by atoms with Gasteiger partial charge in [0.25, 0.3) is 0 Å². The Labute approximate surface area is 124 Å². The van der Waals surface area contributed by atoms with Crippen LogP contribution in [0.2, 0.25) is 0 Å². The average Bonchev–Trinajstić information content (AvgIpc) is 2.95. The van der Waals surface area contributed by atoms with E-state index in [2.05, 4.69) is 9.97 Å². The highest BCUT2D eigenvalue weighted by atomic mass is 16.5. The van der Waals surface area contributed by atoms with Gasteiger partial charge in [0.2, 0.25) is 11.8 Å². The van der Waals surface area contributed by atoms with Crippen LogP contribution >= 0.6 is 0 Å². The molecular weight excluding hydrogens is 270 g/mol. The highest BCUT2D eigenvalue weighted by molar-refractivity contribution is 5.79. The minimum absolute atomic E-state index is 0.186. The molecule has 1 atom stereocenters. The van der Waals surface area contributed by atoms with Crippen LogP contribution in [0.3, 0.4) is 0 Å². The smallest absolute Gasteiger partial charge is 0.232 e. The third-order valence-corrected chi connectivity index (χ3v) is 4.08. The highest BCUT2D eigenvalue weighted by Gasteiger charge is 2.30. The van der Waals surface area contributed by atoms with E-state index in [1.54, 1.807) is 18.6 Å². The first-order chi connectivity index (χ1) is 10.3. The molecule has 1 amide bonds. The Hall–Kier alpha value is -1.69. The normalized spacial score (nSPS) is 23.8. The molecule has 0 radical (unpaired) electrons. The molecule has 0 spiro atoms. The first kappa shape index (κ1) is 14.3. The average molecular weight is 291 g/mol. The van der Waals surface area contributed by atoms with Gasteiger partial charge in [-0.3, -0.25) is 9.78 Å². The largest absolute Gasteiger partial charge is 0.469 e. The molecule has 1 unspecified atom stereocenters. The van der Waals surface area contributed by atoms with E-state index in [-0.39, 0.29) is 17.9 Å². The maximum Gasteiger partial charge on any atom is 0.232 e. The van der Waals surface area contributed by atoms with Crippen LogP contribution in [0.4, 0.5) is 0 Å². The van der Waals surface area contributed by atoms with Crippen LogP contribution < -0.4 is 4.74 Å². The number of rotatable bonds is 3. The molecule has 0 N–H and O–H groups in total. The van der Waals surface area contributed by atoms with Gasteiger partial charge in [0.05, 0.1) is 26.0 Å². The second-order valence-electron chi connectivity index (χ2n) is 5.62. The van der Waals surface area contributed by atoms with E-state index in [0.29, 0.717) is 32.2 Å². The summed E-state index contributed by atoms with van der Waals surface area (Å²) in [5, 5.41) is 0. The lowest BCUT2D eigenvalue weighted by molar-refractivity contribution is -0.136. The van der Waals surface area contributed by atoms with E-state index < -0.39 is 0 Å². The number of hydrogen-bond donors (Lipinski definition) is 0. The molecular formula is C15H21N3O3. The maximum absolute atomic E-state index is 12.5. The molecule has 1 aliphatic carbocycles. The minimum atomic E-state index is -0.186. The first-order valence-electron chi connectivity index (χ1n) is 7.62. The molecule has 1 aromatic rings. The summed E-state index contributed by atoms with van der Waals surface area (Å²) in [7, 11) is 0. The predicted octanol–water partition coefficient (Wildman–Crippen LogP) is 1.27. The predicted molar refractivity (Wildman–Crippen MR) is 75.8 cm³/mol. The Kier molecular flexibility index (Phi) is 4.65. The lowest BCUT2D eigenvalue weighted by Crippen LogP contribution is -2.42. The van der Waals surface area contributed by atoms with Crippen molar-refractivity contribution in [2.24, 2.45) is 5.92 Å².